The summed E-state index contributed by atoms with van der Waals surface area (Å²) >= 11 is 11.6. The van der Waals surface area contributed by atoms with Gasteiger partial charge >= 0.3 is 11.9 Å². The molecule has 0 fully saturated rings. The Morgan fingerprint density at radius 3 is 1.65 bits per heavy atom. The Bertz CT molecular complexity index is 1310. The quantitative estimate of drug-likeness (QED) is 0.0655. The maximum absolute atomic E-state index is 12.8. The standard InChI is InChI=1S/C26H17Cl2NO8/c27-19-8-4-17(5-9-19)23(30)14-36-25(32)22(13-16-2-1-3-21(12-16)29(34)35)26(33)37-15-24(31)18-6-10-20(28)11-7-18/h1-13H,14-15H2. The number of nitro benzene ring substituents is 1. The van der Waals surface area contributed by atoms with Crippen LogP contribution in [-0.2, 0) is 19.1 Å². The molecule has 0 aromatic heterocycles. The fourth-order valence-corrected chi connectivity index (χ4v) is 3.20. The fraction of sp³-hybridized carbons (Fsp3) is 0.0769. The van der Waals surface area contributed by atoms with Gasteiger partial charge in [-0.1, -0.05) is 35.3 Å². The minimum Gasteiger partial charge on any atom is -0.453 e. The van der Waals surface area contributed by atoms with Crippen LogP contribution in [0.4, 0.5) is 5.69 Å². The molecule has 0 aliphatic heterocycles. The smallest absolute Gasteiger partial charge is 0.346 e. The monoisotopic (exact) mass is 541 g/mol. The average molecular weight is 542 g/mol. The highest BCUT2D eigenvalue weighted by molar-refractivity contribution is 6.31. The molecule has 0 spiro atoms. The van der Waals surface area contributed by atoms with Crippen LogP contribution in [-0.4, -0.2) is 41.6 Å². The number of halogens is 2. The SMILES string of the molecule is O=C(OCC(=O)c1ccc(Cl)cc1)C(=Cc1cccc([N+](=O)[O-])c1)C(=O)OCC(=O)c1ccc(Cl)cc1. The van der Waals surface area contributed by atoms with Crippen molar-refractivity contribution in [1.29, 1.82) is 0 Å². The minimum absolute atomic E-state index is 0.117. The van der Waals surface area contributed by atoms with Gasteiger partial charge in [0.1, 0.15) is 5.57 Å². The number of nitrogens with zero attached hydrogens (tertiary/aromatic N) is 1. The van der Waals surface area contributed by atoms with Crippen molar-refractivity contribution >= 4 is 58.5 Å². The van der Waals surface area contributed by atoms with Crippen LogP contribution in [0.5, 0.6) is 0 Å². The first-order valence-corrected chi connectivity index (χ1v) is 11.3. The van der Waals surface area contributed by atoms with E-state index in [4.69, 9.17) is 32.7 Å². The number of ketones is 2. The molecule has 3 aromatic rings. The van der Waals surface area contributed by atoms with Crippen LogP contribution in [0.15, 0.2) is 78.4 Å². The van der Waals surface area contributed by atoms with E-state index in [0.29, 0.717) is 10.0 Å². The van der Waals surface area contributed by atoms with E-state index in [9.17, 15) is 29.3 Å². The van der Waals surface area contributed by atoms with Gasteiger partial charge in [0.05, 0.1) is 4.92 Å². The highest BCUT2D eigenvalue weighted by atomic mass is 35.5. The number of carbonyl (C=O) groups excluding carboxylic acids is 4. The van der Waals surface area contributed by atoms with Gasteiger partial charge in [0.15, 0.2) is 24.8 Å². The molecule has 0 unspecified atom stereocenters. The number of hydrogen-bond acceptors (Lipinski definition) is 8. The summed E-state index contributed by atoms with van der Waals surface area (Å²) in [5.41, 5.74) is -0.403. The minimum atomic E-state index is -1.22. The van der Waals surface area contributed by atoms with E-state index in [2.05, 4.69) is 0 Å². The Hall–Kier alpha value is -4.34. The van der Waals surface area contributed by atoms with Crippen LogP contribution in [0.1, 0.15) is 26.3 Å². The van der Waals surface area contributed by atoms with Gasteiger partial charge in [-0.2, -0.15) is 0 Å². The Kier molecular flexibility index (Phi) is 9.26. The zero-order valence-corrected chi connectivity index (χ0v) is 20.4. The van der Waals surface area contributed by atoms with Crippen LogP contribution >= 0.6 is 23.2 Å². The summed E-state index contributed by atoms with van der Waals surface area (Å²) in [7, 11) is 0. The summed E-state index contributed by atoms with van der Waals surface area (Å²) in [6.07, 6.45) is 1.01. The molecule has 0 bridgehead atoms. The number of hydrogen-bond donors (Lipinski definition) is 0. The second-order valence-corrected chi connectivity index (χ2v) is 8.30. The molecule has 3 rings (SSSR count). The summed E-state index contributed by atoms with van der Waals surface area (Å²) in [4.78, 5) is 60.6. The predicted molar refractivity (Wildman–Crippen MR) is 135 cm³/mol. The molecule has 9 nitrogen and oxygen atoms in total. The number of nitro groups is 1. The van der Waals surface area contributed by atoms with E-state index in [0.717, 1.165) is 12.1 Å². The summed E-state index contributed by atoms with van der Waals surface area (Å²) in [5, 5.41) is 11.9. The molecule has 188 valence electrons. The first kappa shape index (κ1) is 27.3. The summed E-state index contributed by atoms with van der Waals surface area (Å²) < 4.78 is 10.0. The third kappa shape index (κ3) is 7.83. The maximum atomic E-state index is 12.8. The van der Waals surface area contributed by atoms with Crippen LogP contribution in [0.2, 0.25) is 10.0 Å². The largest absolute Gasteiger partial charge is 0.453 e. The first-order valence-electron chi connectivity index (χ1n) is 10.5. The van der Waals surface area contributed by atoms with Crippen molar-refractivity contribution in [3.63, 3.8) is 0 Å². The van der Waals surface area contributed by atoms with Gasteiger partial charge in [0.2, 0.25) is 0 Å². The lowest BCUT2D eigenvalue weighted by Crippen LogP contribution is -2.23. The number of rotatable bonds is 10. The number of carbonyl (C=O) groups is 4. The van der Waals surface area contributed by atoms with Crippen LogP contribution in [0.3, 0.4) is 0 Å². The lowest BCUT2D eigenvalue weighted by atomic mass is 10.1. The molecule has 11 heteroatoms. The molecule has 0 atom stereocenters. The Labute approximate surface area is 220 Å². The van der Waals surface area contributed by atoms with E-state index in [1.54, 1.807) is 0 Å². The zero-order valence-electron chi connectivity index (χ0n) is 18.9. The molecule has 0 N–H and O–H groups in total. The van der Waals surface area contributed by atoms with Gasteiger partial charge in [0.25, 0.3) is 5.69 Å². The molecule has 0 heterocycles. The summed E-state index contributed by atoms with van der Waals surface area (Å²) in [6, 6.07) is 16.8. The van der Waals surface area contributed by atoms with Crippen molar-refractivity contribution in [2.75, 3.05) is 13.2 Å². The summed E-state index contributed by atoms with van der Waals surface area (Å²) in [5.74, 6) is -3.58. The average Bonchev–Trinajstić information content (AvgIpc) is 2.89. The Morgan fingerprint density at radius 2 is 1.22 bits per heavy atom. The molecule has 0 saturated carbocycles. The second kappa shape index (κ2) is 12.6. The van der Waals surface area contributed by atoms with Gasteiger partial charge in [-0.3, -0.25) is 19.7 Å². The summed E-state index contributed by atoms with van der Waals surface area (Å²) in [6.45, 7) is -1.41. The molecular weight excluding hydrogens is 525 g/mol. The Morgan fingerprint density at radius 1 is 0.757 bits per heavy atom. The number of ether oxygens (including phenoxy) is 2. The third-order valence-corrected chi connectivity index (χ3v) is 5.34. The lowest BCUT2D eigenvalue weighted by Gasteiger charge is -2.09. The molecule has 0 aliphatic rings. The van der Waals surface area contributed by atoms with Gasteiger partial charge in [0, 0.05) is 33.3 Å². The molecule has 37 heavy (non-hydrogen) atoms. The van der Waals surface area contributed by atoms with Crippen molar-refractivity contribution in [1.82, 2.24) is 0 Å². The molecule has 0 radical (unpaired) electrons. The van der Waals surface area contributed by atoms with Crippen LogP contribution < -0.4 is 0 Å². The molecule has 3 aromatic carbocycles. The Balaban J connectivity index is 1.78. The number of non-ortho nitro benzene ring substituents is 1. The molecule has 0 aliphatic carbocycles. The lowest BCUT2D eigenvalue weighted by molar-refractivity contribution is -0.384. The van der Waals surface area contributed by atoms with Gasteiger partial charge in [-0.05, 0) is 60.2 Å². The number of esters is 2. The van der Waals surface area contributed by atoms with Crippen molar-refractivity contribution in [3.8, 4) is 0 Å². The molecule has 0 saturated heterocycles. The predicted octanol–water partition coefficient (Wildman–Crippen LogP) is 5.14. The van der Waals surface area contributed by atoms with Crippen LogP contribution in [0.25, 0.3) is 6.08 Å². The molecule has 0 amide bonds. The number of benzene rings is 3. The normalized spacial score (nSPS) is 10.2. The second-order valence-electron chi connectivity index (χ2n) is 7.42. The topological polar surface area (TPSA) is 130 Å². The van der Waals surface area contributed by atoms with Crippen molar-refractivity contribution in [2.45, 2.75) is 0 Å². The highest BCUT2D eigenvalue weighted by Crippen LogP contribution is 2.18. The maximum Gasteiger partial charge on any atom is 0.346 e. The zero-order chi connectivity index (χ0) is 26.9. The molecular formula is C26H17Cl2NO8. The van der Waals surface area contributed by atoms with Gasteiger partial charge in [-0.25, -0.2) is 9.59 Å². The van der Waals surface area contributed by atoms with Crippen molar-refractivity contribution in [3.05, 3.63) is 115 Å². The van der Waals surface area contributed by atoms with Gasteiger partial charge < -0.3 is 9.47 Å². The van der Waals surface area contributed by atoms with E-state index in [1.165, 1.54) is 66.7 Å². The van der Waals surface area contributed by atoms with Crippen molar-refractivity contribution in [2.24, 2.45) is 0 Å². The van der Waals surface area contributed by atoms with E-state index in [1.807, 2.05) is 0 Å². The number of Topliss-reactive ketones (excluding diaryl/α,β-unsaturated/α-hetero) is 2. The fourth-order valence-electron chi connectivity index (χ4n) is 2.95. The third-order valence-electron chi connectivity index (χ3n) is 4.83. The first-order chi connectivity index (χ1) is 17.6. The van der Waals surface area contributed by atoms with Crippen LogP contribution in [0, 0.1) is 10.1 Å². The van der Waals surface area contributed by atoms with E-state index < -0.39 is 47.2 Å². The van der Waals surface area contributed by atoms with E-state index in [-0.39, 0.29) is 22.4 Å². The van der Waals surface area contributed by atoms with Crippen molar-refractivity contribution < 1.29 is 33.6 Å². The highest BCUT2D eigenvalue weighted by Gasteiger charge is 2.24. The van der Waals surface area contributed by atoms with Gasteiger partial charge in [-0.15, -0.1) is 0 Å². The van der Waals surface area contributed by atoms with E-state index >= 15 is 0 Å².